The number of hydrogen-bond donors (Lipinski definition) is 0. The molecule has 0 amide bonds. The lowest BCUT2D eigenvalue weighted by molar-refractivity contribution is -0.0402. The van der Waals surface area contributed by atoms with Crippen molar-refractivity contribution in [2.75, 3.05) is 13.7 Å². The number of rotatable bonds is 5. The van der Waals surface area contributed by atoms with Crippen molar-refractivity contribution >= 4 is 0 Å². The predicted molar refractivity (Wildman–Crippen MR) is 76.0 cm³/mol. The van der Waals surface area contributed by atoms with Crippen molar-refractivity contribution in [3.63, 3.8) is 0 Å². The van der Waals surface area contributed by atoms with Gasteiger partial charge in [-0.15, -0.1) is 0 Å². The molecule has 3 heteroatoms. The second kappa shape index (κ2) is 5.83. The summed E-state index contributed by atoms with van der Waals surface area (Å²) >= 11 is 0. The highest BCUT2D eigenvalue weighted by Gasteiger charge is 2.27. The Kier molecular flexibility index (Phi) is 4.35. The van der Waals surface area contributed by atoms with Crippen molar-refractivity contribution in [3.8, 4) is 11.5 Å². The SMILES string of the molecule is CCCCOc1cc2c(cc1OC)COC(C)(C)C2. The summed E-state index contributed by atoms with van der Waals surface area (Å²) in [5.74, 6) is 1.66. The van der Waals surface area contributed by atoms with Crippen molar-refractivity contribution in [3.05, 3.63) is 23.3 Å². The van der Waals surface area contributed by atoms with Gasteiger partial charge in [0.2, 0.25) is 0 Å². The Hall–Kier alpha value is -1.22. The molecule has 0 atom stereocenters. The Morgan fingerprint density at radius 2 is 1.95 bits per heavy atom. The van der Waals surface area contributed by atoms with Crippen LogP contribution in [0.3, 0.4) is 0 Å². The van der Waals surface area contributed by atoms with Crippen molar-refractivity contribution in [1.82, 2.24) is 0 Å². The van der Waals surface area contributed by atoms with E-state index < -0.39 is 0 Å². The molecule has 1 aliphatic rings. The van der Waals surface area contributed by atoms with E-state index in [4.69, 9.17) is 14.2 Å². The molecule has 0 aliphatic carbocycles. The van der Waals surface area contributed by atoms with Gasteiger partial charge in [-0.05, 0) is 43.5 Å². The summed E-state index contributed by atoms with van der Waals surface area (Å²) in [6.07, 6.45) is 3.11. The number of methoxy groups -OCH3 is 1. The van der Waals surface area contributed by atoms with Crippen LogP contribution in [0.5, 0.6) is 11.5 Å². The van der Waals surface area contributed by atoms with Crippen LogP contribution < -0.4 is 9.47 Å². The first kappa shape index (κ1) is 14.2. The second-order valence-corrected chi connectivity index (χ2v) is 5.70. The molecule has 0 radical (unpaired) electrons. The average Bonchev–Trinajstić information content (AvgIpc) is 2.37. The Balaban J connectivity index is 2.23. The van der Waals surface area contributed by atoms with Crippen LogP contribution in [-0.2, 0) is 17.8 Å². The summed E-state index contributed by atoms with van der Waals surface area (Å²) in [5.41, 5.74) is 2.42. The summed E-state index contributed by atoms with van der Waals surface area (Å²) in [6.45, 7) is 7.79. The Morgan fingerprint density at radius 3 is 2.63 bits per heavy atom. The van der Waals surface area contributed by atoms with Gasteiger partial charge in [-0.3, -0.25) is 0 Å². The molecule has 0 bridgehead atoms. The van der Waals surface area contributed by atoms with Gasteiger partial charge in [-0.25, -0.2) is 0 Å². The molecular formula is C16H24O3. The molecule has 19 heavy (non-hydrogen) atoms. The quantitative estimate of drug-likeness (QED) is 0.758. The van der Waals surface area contributed by atoms with Crippen LogP contribution in [-0.4, -0.2) is 19.3 Å². The third-order valence-electron chi connectivity index (χ3n) is 3.48. The molecule has 0 spiro atoms. The zero-order chi connectivity index (χ0) is 13.9. The number of ether oxygens (including phenoxy) is 3. The number of unbranched alkanes of at least 4 members (excludes halogenated alkanes) is 1. The van der Waals surface area contributed by atoms with Crippen molar-refractivity contribution in [1.29, 1.82) is 0 Å². The minimum Gasteiger partial charge on any atom is -0.493 e. The highest BCUT2D eigenvalue weighted by Crippen LogP contribution is 2.36. The molecule has 0 N–H and O–H groups in total. The molecule has 1 aromatic carbocycles. The van der Waals surface area contributed by atoms with E-state index in [0.717, 1.165) is 37.4 Å². The molecule has 0 aromatic heterocycles. The monoisotopic (exact) mass is 264 g/mol. The Morgan fingerprint density at radius 1 is 1.21 bits per heavy atom. The highest BCUT2D eigenvalue weighted by molar-refractivity contribution is 5.48. The predicted octanol–water partition coefficient (Wildman–Crippen LogP) is 3.73. The number of benzene rings is 1. The first-order chi connectivity index (χ1) is 9.05. The van der Waals surface area contributed by atoms with Crippen LogP contribution in [0, 0.1) is 0 Å². The summed E-state index contributed by atoms with van der Waals surface area (Å²) in [5, 5.41) is 0. The molecular weight excluding hydrogens is 240 g/mol. The molecule has 0 unspecified atom stereocenters. The van der Waals surface area contributed by atoms with Gasteiger partial charge in [0.1, 0.15) is 0 Å². The minimum absolute atomic E-state index is 0.0950. The average molecular weight is 264 g/mol. The highest BCUT2D eigenvalue weighted by atomic mass is 16.5. The van der Waals surface area contributed by atoms with Gasteiger partial charge >= 0.3 is 0 Å². The van der Waals surface area contributed by atoms with E-state index in [1.54, 1.807) is 7.11 Å². The normalized spacial score (nSPS) is 16.8. The van der Waals surface area contributed by atoms with Crippen LogP contribution in [0.25, 0.3) is 0 Å². The number of fused-ring (bicyclic) bond motifs is 1. The Labute approximate surface area is 115 Å². The van der Waals surface area contributed by atoms with Crippen LogP contribution in [0.1, 0.15) is 44.7 Å². The fourth-order valence-electron chi connectivity index (χ4n) is 2.32. The molecule has 1 heterocycles. The van der Waals surface area contributed by atoms with Gasteiger partial charge in [0, 0.05) is 6.42 Å². The molecule has 1 aromatic rings. The molecule has 106 valence electrons. The van der Waals surface area contributed by atoms with Gasteiger partial charge in [0.25, 0.3) is 0 Å². The first-order valence-corrected chi connectivity index (χ1v) is 7.02. The lowest BCUT2D eigenvalue weighted by Gasteiger charge is -2.32. The molecule has 2 rings (SSSR count). The maximum atomic E-state index is 5.84. The fourth-order valence-corrected chi connectivity index (χ4v) is 2.32. The molecule has 1 aliphatic heterocycles. The standard InChI is InChI=1S/C16H24O3/c1-5-6-7-18-15-8-12-10-16(2,3)19-11-13(12)9-14(15)17-4/h8-9H,5-7,10-11H2,1-4H3. The second-order valence-electron chi connectivity index (χ2n) is 5.70. The summed E-state index contributed by atoms with van der Waals surface area (Å²) in [6, 6.07) is 4.17. The first-order valence-electron chi connectivity index (χ1n) is 7.02. The van der Waals surface area contributed by atoms with Gasteiger partial charge in [0.05, 0.1) is 25.9 Å². The Bertz CT molecular complexity index is 438. The summed E-state index contributed by atoms with van der Waals surface area (Å²) in [7, 11) is 1.68. The lowest BCUT2D eigenvalue weighted by atomic mass is 9.91. The van der Waals surface area contributed by atoms with Crippen LogP contribution >= 0.6 is 0 Å². The zero-order valence-corrected chi connectivity index (χ0v) is 12.4. The third kappa shape index (κ3) is 3.41. The zero-order valence-electron chi connectivity index (χ0n) is 12.4. The minimum atomic E-state index is -0.0950. The maximum Gasteiger partial charge on any atom is 0.161 e. The van der Waals surface area contributed by atoms with E-state index in [0.29, 0.717) is 6.61 Å². The van der Waals surface area contributed by atoms with E-state index in [1.807, 2.05) is 6.07 Å². The molecule has 3 nitrogen and oxygen atoms in total. The van der Waals surface area contributed by atoms with Gasteiger partial charge in [0.15, 0.2) is 11.5 Å². The van der Waals surface area contributed by atoms with Crippen molar-refractivity contribution in [2.24, 2.45) is 0 Å². The number of hydrogen-bond acceptors (Lipinski definition) is 3. The van der Waals surface area contributed by atoms with E-state index >= 15 is 0 Å². The molecule has 0 saturated carbocycles. The lowest BCUT2D eigenvalue weighted by Crippen LogP contribution is -2.31. The van der Waals surface area contributed by atoms with Crippen molar-refractivity contribution in [2.45, 2.75) is 52.2 Å². The van der Waals surface area contributed by atoms with E-state index in [-0.39, 0.29) is 5.60 Å². The van der Waals surface area contributed by atoms with Gasteiger partial charge in [-0.2, -0.15) is 0 Å². The fraction of sp³-hybridized carbons (Fsp3) is 0.625. The van der Waals surface area contributed by atoms with E-state index in [9.17, 15) is 0 Å². The van der Waals surface area contributed by atoms with Crippen LogP contribution in [0.2, 0.25) is 0 Å². The molecule has 0 saturated heterocycles. The van der Waals surface area contributed by atoms with Gasteiger partial charge in [-0.1, -0.05) is 13.3 Å². The smallest absolute Gasteiger partial charge is 0.161 e. The van der Waals surface area contributed by atoms with Crippen LogP contribution in [0.4, 0.5) is 0 Å². The van der Waals surface area contributed by atoms with Gasteiger partial charge < -0.3 is 14.2 Å². The van der Waals surface area contributed by atoms with Crippen molar-refractivity contribution < 1.29 is 14.2 Å². The van der Waals surface area contributed by atoms with E-state index in [2.05, 4.69) is 26.8 Å². The largest absolute Gasteiger partial charge is 0.493 e. The molecule has 0 fully saturated rings. The summed E-state index contributed by atoms with van der Waals surface area (Å²) in [4.78, 5) is 0. The van der Waals surface area contributed by atoms with Crippen LogP contribution in [0.15, 0.2) is 12.1 Å². The third-order valence-corrected chi connectivity index (χ3v) is 3.48. The summed E-state index contributed by atoms with van der Waals surface area (Å²) < 4.78 is 17.1. The van der Waals surface area contributed by atoms with E-state index in [1.165, 1.54) is 11.1 Å². The maximum absolute atomic E-state index is 5.84. The topological polar surface area (TPSA) is 27.7 Å².